The minimum absolute atomic E-state index is 0.00152. The number of carbonyl (C=O) groups excluding carboxylic acids is 1. The minimum atomic E-state index is -0.582. The van der Waals surface area contributed by atoms with E-state index in [2.05, 4.69) is 36.1 Å². The van der Waals surface area contributed by atoms with Gasteiger partial charge in [0.2, 0.25) is 11.6 Å². The molecule has 0 aliphatic carbocycles. The second-order valence-electron chi connectivity index (χ2n) is 8.54. The number of hydrogen-bond acceptors (Lipinski definition) is 12. The molecule has 0 bridgehead atoms. The lowest BCUT2D eigenvalue weighted by molar-refractivity contribution is 0.0950. The number of hydrazone groups is 1. The second kappa shape index (κ2) is 11.3. The number of nitrogens with zero attached hydrogens (tertiary/aromatic N) is 7. The monoisotopic (exact) mass is 567 g/mol. The number of aromatic nitrogens is 6. The summed E-state index contributed by atoms with van der Waals surface area (Å²) in [5.74, 6) is 0.789. The van der Waals surface area contributed by atoms with E-state index in [1.165, 1.54) is 22.7 Å². The number of carbonyl (C=O) groups is 1. The van der Waals surface area contributed by atoms with Crippen LogP contribution in [0.15, 0.2) is 92.2 Å². The molecule has 13 nitrogen and oxygen atoms in total. The lowest BCUT2D eigenvalue weighted by Gasteiger charge is -2.08. The van der Waals surface area contributed by atoms with Crippen LogP contribution in [0.5, 0.6) is 5.75 Å². The Hall–Kier alpha value is -5.50. The summed E-state index contributed by atoms with van der Waals surface area (Å²) in [6.45, 7) is 0. The topological polar surface area (TPSA) is 172 Å². The molecule has 0 unspecified atom stereocenters. The summed E-state index contributed by atoms with van der Waals surface area (Å²) in [5.41, 5.74) is 12.6. The van der Waals surface area contributed by atoms with E-state index < -0.39 is 5.91 Å². The molecule has 6 aromatic rings. The fourth-order valence-electron chi connectivity index (χ4n) is 4.04. The molecule has 0 aliphatic heterocycles. The van der Waals surface area contributed by atoms with Crippen molar-refractivity contribution in [1.29, 1.82) is 0 Å². The van der Waals surface area contributed by atoms with Crippen LogP contribution in [0.25, 0.3) is 28.2 Å². The number of nitrogen functional groups attached to an aromatic ring is 1. The Bertz CT molecular complexity index is 1830. The van der Waals surface area contributed by atoms with Crippen molar-refractivity contribution < 1.29 is 18.6 Å². The number of para-hydroxylation sites is 2. The van der Waals surface area contributed by atoms with Crippen molar-refractivity contribution in [2.75, 3.05) is 12.8 Å². The van der Waals surface area contributed by atoms with Crippen molar-refractivity contribution in [2.24, 2.45) is 5.10 Å². The van der Waals surface area contributed by atoms with Crippen molar-refractivity contribution in [3.63, 3.8) is 0 Å². The van der Waals surface area contributed by atoms with Gasteiger partial charge < -0.3 is 14.9 Å². The molecule has 204 valence electrons. The number of ether oxygens (including phenoxy) is 1. The van der Waals surface area contributed by atoms with Crippen LogP contribution in [0.3, 0.4) is 0 Å². The van der Waals surface area contributed by atoms with Crippen LogP contribution in [0.1, 0.15) is 21.6 Å². The fraction of sp³-hybridized carbons (Fsp3) is 0.0741. The molecule has 0 saturated carbocycles. The van der Waals surface area contributed by atoms with E-state index in [9.17, 15) is 4.79 Å². The Morgan fingerprint density at radius 1 is 1.12 bits per heavy atom. The SMILES string of the molecule is COc1ccc(/C=N/NC(=O)c2nnn(-c3nonc3N)c2-c2ccccc2)cc1CSc1nc2ccccc2o1. The van der Waals surface area contributed by atoms with E-state index in [0.717, 1.165) is 22.2 Å². The summed E-state index contributed by atoms with van der Waals surface area (Å²) in [7, 11) is 1.61. The number of hydrogen-bond donors (Lipinski definition) is 2. The van der Waals surface area contributed by atoms with Crippen LogP contribution in [0, 0.1) is 0 Å². The van der Waals surface area contributed by atoms with Crippen molar-refractivity contribution in [1.82, 2.24) is 35.7 Å². The van der Waals surface area contributed by atoms with Crippen LogP contribution in [-0.4, -0.2) is 49.5 Å². The minimum Gasteiger partial charge on any atom is -0.496 e. The molecular weight excluding hydrogens is 546 g/mol. The molecule has 0 spiro atoms. The molecule has 1 amide bonds. The third kappa shape index (κ3) is 5.35. The van der Waals surface area contributed by atoms with Gasteiger partial charge in [0, 0.05) is 16.9 Å². The van der Waals surface area contributed by atoms with Gasteiger partial charge in [-0.15, -0.1) is 5.10 Å². The average Bonchev–Trinajstić information content (AvgIpc) is 3.74. The van der Waals surface area contributed by atoms with E-state index in [1.54, 1.807) is 19.2 Å². The lowest BCUT2D eigenvalue weighted by atomic mass is 10.1. The normalized spacial score (nSPS) is 11.3. The van der Waals surface area contributed by atoms with Gasteiger partial charge in [-0.05, 0) is 46.2 Å². The first-order chi connectivity index (χ1) is 20.1. The van der Waals surface area contributed by atoms with Gasteiger partial charge in [0.25, 0.3) is 11.1 Å². The maximum Gasteiger partial charge on any atom is 0.294 e. The fourth-order valence-corrected chi connectivity index (χ4v) is 4.85. The van der Waals surface area contributed by atoms with E-state index in [1.807, 2.05) is 60.7 Å². The molecule has 3 aromatic heterocycles. The molecule has 0 atom stereocenters. The maximum atomic E-state index is 13.1. The highest BCUT2D eigenvalue weighted by Crippen LogP contribution is 2.30. The number of fused-ring (bicyclic) bond motifs is 1. The van der Waals surface area contributed by atoms with Crippen molar-refractivity contribution in [3.05, 3.63) is 89.6 Å². The highest BCUT2D eigenvalue weighted by atomic mass is 32.2. The second-order valence-corrected chi connectivity index (χ2v) is 9.47. The van der Waals surface area contributed by atoms with E-state index in [-0.39, 0.29) is 17.3 Å². The third-order valence-corrected chi connectivity index (χ3v) is 6.82. The van der Waals surface area contributed by atoms with Gasteiger partial charge in [0.15, 0.2) is 11.3 Å². The number of anilines is 1. The summed E-state index contributed by atoms with van der Waals surface area (Å²) in [6.07, 6.45) is 1.52. The van der Waals surface area contributed by atoms with Crippen molar-refractivity contribution in [3.8, 4) is 22.8 Å². The van der Waals surface area contributed by atoms with Gasteiger partial charge in [0.1, 0.15) is 17.0 Å². The van der Waals surface area contributed by atoms with E-state index in [0.29, 0.717) is 28.0 Å². The molecule has 3 aromatic carbocycles. The third-order valence-electron chi connectivity index (χ3n) is 5.94. The summed E-state index contributed by atoms with van der Waals surface area (Å²) < 4.78 is 17.3. The van der Waals surface area contributed by atoms with Crippen LogP contribution >= 0.6 is 11.8 Å². The van der Waals surface area contributed by atoms with Gasteiger partial charge in [-0.1, -0.05) is 59.4 Å². The predicted molar refractivity (Wildman–Crippen MR) is 151 cm³/mol. The number of nitrogens with one attached hydrogen (secondary N) is 1. The van der Waals surface area contributed by atoms with E-state index >= 15 is 0 Å². The predicted octanol–water partition coefficient (Wildman–Crippen LogP) is 4.11. The first kappa shape index (κ1) is 25.8. The summed E-state index contributed by atoms with van der Waals surface area (Å²) in [4.78, 5) is 17.6. The zero-order chi connectivity index (χ0) is 28.2. The van der Waals surface area contributed by atoms with Crippen molar-refractivity contribution >= 4 is 40.8 Å². The number of thioether (sulfide) groups is 1. The molecule has 6 rings (SSSR count). The number of rotatable bonds is 9. The van der Waals surface area contributed by atoms with Crippen molar-refractivity contribution in [2.45, 2.75) is 11.0 Å². The molecule has 0 fully saturated rings. The largest absolute Gasteiger partial charge is 0.496 e. The number of amides is 1. The standard InChI is InChI=1S/C27H21N9O4S/c1-38-20-12-11-16(13-18(20)15-41-27-30-19-9-5-6-10-21(19)39-27)14-29-32-26(37)22-23(17-7-3-2-4-8-17)36(35-31-22)25-24(28)33-40-34-25/h2-14H,15H2,1H3,(H2,28,33)(H,32,37)/b29-14+. The molecule has 0 saturated heterocycles. The first-order valence-electron chi connectivity index (χ1n) is 12.2. The first-order valence-corrected chi connectivity index (χ1v) is 13.2. The van der Waals surface area contributed by atoms with Gasteiger partial charge in [0.05, 0.1) is 13.3 Å². The average molecular weight is 568 g/mol. The molecule has 0 radical (unpaired) electrons. The quantitative estimate of drug-likeness (QED) is 0.146. The highest BCUT2D eigenvalue weighted by Gasteiger charge is 2.25. The summed E-state index contributed by atoms with van der Waals surface area (Å²) in [5, 5.41) is 20.2. The Morgan fingerprint density at radius 3 is 2.73 bits per heavy atom. The van der Waals surface area contributed by atoms with Gasteiger partial charge in [-0.25, -0.2) is 15.0 Å². The number of oxazole rings is 1. The van der Waals surface area contributed by atoms with Crippen LogP contribution in [-0.2, 0) is 5.75 Å². The number of methoxy groups -OCH3 is 1. The molecule has 3 N–H and O–H groups in total. The molecular formula is C27H21N9O4S. The number of benzene rings is 3. The van der Waals surface area contributed by atoms with Crippen LogP contribution in [0.4, 0.5) is 5.82 Å². The van der Waals surface area contributed by atoms with E-state index in [4.69, 9.17) is 19.5 Å². The smallest absolute Gasteiger partial charge is 0.294 e. The zero-order valence-corrected chi connectivity index (χ0v) is 22.3. The molecule has 14 heteroatoms. The number of nitrogens with two attached hydrogens (primary N) is 1. The van der Waals surface area contributed by atoms with Crippen LogP contribution < -0.4 is 15.9 Å². The Labute approximate surface area is 236 Å². The van der Waals surface area contributed by atoms with Gasteiger partial charge in [-0.3, -0.25) is 4.79 Å². The highest BCUT2D eigenvalue weighted by molar-refractivity contribution is 7.98. The summed E-state index contributed by atoms with van der Waals surface area (Å²) >= 11 is 1.45. The maximum absolute atomic E-state index is 13.1. The zero-order valence-electron chi connectivity index (χ0n) is 21.5. The lowest BCUT2D eigenvalue weighted by Crippen LogP contribution is -2.19. The van der Waals surface area contributed by atoms with Crippen LogP contribution in [0.2, 0.25) is 0 Å². The molecule has 41 heavy (non-hydrogen) atoms. The summed E-state index contributed by atoms with van der Waals surface area (Å²) in [6, 6.07) is 22.3. The molecule has 0 aliphatic rings. The van der Waals surface area contributed by atoms with Gasteiger partial charge >= 0.3 is 0 Å². The Morgan fingerprint density at radius 2 is 1.95 bits per heavy atom. The Balaban J connectivity index is 1.20. The Kier molecular flexibility index (Phi) is 7.11. The molecule has 3 heterocycles. The van der Waals surface area contributed by atoms with Gasteiger partial charge in [-0.2, -0.15) is 9.78 Å².